The number of carbonyl (C=O) groups is 2. The minimum Gasteiger partial charge on any atom is -0.505 e. The van der Waals surface area contributed by atoms with Crippen LogP contribution in [0.25, 0.3) is 0 Å². The van der Waals surface area contributed by atoms with Crippen molar-refractivity contribution in [2.24, 2.45) is 0 Å². The van der Waals surface area contributed by atoms with E-state index in [0.717, 1.165) is 0 Å². The summed E-state index contributed by atoms with van der Waals surface area (Å²) in [6.45, 7) is 1.05. The summed E-state index contributed by atoms with van der Waals surface area (Å²) in [5.74, 6) is -0.840. The fraction of sp³-hybridized carbons (Fsp3) is 0.462. The van der Waals surface area contributed by atoms with E-state index < -0.39 is 0 Å². The monoisotopic (exact) mass is 280 g/mol. The molecule has 2 heterocycles. The third kappa shape index (κ3) is 3.24. The minimum atomic E-state index is -0.385. The van der Waals surface area contributed by atoms with Gasteiger partial charge < -0.3 is 19.5 Å². The average molecular weight is 280 g/mol. The lowest BCUT2D eigenvalue weighted by atomic mass is 10.1. The fourth-order valence-electron chi connectivity index (χ4n) is 2.03. The van der Waals surface area contributed by atoms with Gasteiger partial charge in [-0.3, -0.25) is 14.6 Å². The van der Waals surface area contributed by atoms with Gasteiger partial charge in [-0.05, 0) is 6.07 Å². The maximum absolute atomic E-state index is 12.3. The van der Waals surface area contributed by atoms with Gasteiger partial charge in [-0.25, -0.2) is 0 Å². The number of pyridine rings is 1. The molecule has 0 bridgehead atoms. The molecule has 1 aliphatic heterocycles. The molecule has 108 valence electrons. The summed E-state index contributed by atoms with van der Waals surface area (Å²) in [4.78, 5) is 28.8. The van der Waals surface area contributed by atoms with Crippen LogP contribution >= 0.6 is 0 Å². The highest BCUT2D eigenvalue weighted by Crippen LogP contribution is 2.19. The highest BCUT2D eigenvalue weighted by molar-refractivity contribution is 5.96. The van der Waals surface area contributed by atoms with Crippen LogP contribution in [0.15, 0.2) is 18.5 Å². The van der Waals surface area contributed by atoms with E-state index in [0.29, 0.717) is 13.2 Å². The number of aromatic hydroxyl groups is 1. The molecule has 2 rings (SSSR count). The Morgan fingerprint density at radius 1 is 1.60 bits per heavy atom. The molecule has 1 amide bonds. The largest absolute Gasteiger partial charge is 0.505 e. The quantitative estimate of drug-likeness (QED) is 0.795. The summed E-state index contributed by atoms with van der Waals surface area (Å²) < 4.78 is 10.0. The molecule has 1 unspecified atom stereocenters. The molecular weight excluding hydrogens is 264 g/mol. The standard InChI is InChI=1S/C13H16N2O5/c1-19-12(17)6-9-8-15(4-5-20-9)13(18)10-2-3-14-7-11(10)16/h2-3,7,9,16H,4-6,8H2,1H3. The SMILES string of the molecule is COC(=O)CC1CN(C(=O)c2ccncc2O)CCO1. The summed E-state index contributed by atoms with van der Waals surface area (Å²) >= 11 is 0. The van der Waals surface area contributed by atoms with Gasteiger partial charge in [-0.2, -0.15) is 0 Å². The second-order valence-electron chi connectivity index (χ2n) is 4.42. The third-order valence-corrected chi connectivity index (χ3v) is 3.08. The van der Waals surface area contributed by atoms with Crippen LogP contribution in [0.3, 0.4) is 0 Å². The lowest BCUT2D eigenvalue weighted by Crippen LogP contribution is -2.46. The number of amides is 1. The van der Waals surface area contributed by atoms with Gasteiger partial charge in [0.2, 0.25) is 0 Å². The van der Waals surface area contributed by atoms with Crippen LogP contribution in [0.2, 0.25) is 0 Å². The maximum atomic E-state index is 12.3. The Labute approximate surface area is 116 Å². The van der Waals surface area contributed by atoms with Crippen LogP contribution < -0.4 is 0 Å². The van der Waals surface area contributed by atoms with E-state index in [1.165, 1.54) is 25.6 Å². The second kappa shape index (κ2) is 6.33. The van der Waals surface area contributed by atoms with E-state index in [1.54, 1.807) is 4.90 Å². The van der Waals surface area contributed by atoms with Gasteiger partial charge in [0.1, 0.15) is 5.75 Å². The molecule has 1 N–H and O–H groups in total. The van der Waals surface area contributed by atoms with Crippen LogP contribution in [-0.4, -0.2) is 59.8 Å². The Bertz CT molecular complexity index is 505. The first-order valence-electron chi connectivity index (χ1n) is 6.22. The first-order valence-corrected chi connectivity index (χ1v) is 6.22. The zero-order valence-corrected chi connectivity index (χ0v) is 11.1. The Kier molecular flexibility index (Phi) is 4.52. The van der Waals surface area contributed by atoms with Crippen molar-refractivity contribution in [1.82, 2.24) is 9.88 Å². The molecule has 1 aromatic rings. The van der Waals surface area contributed by atoms with Gasteiger partial charge in [0.15, 0.2) is 0 Å². The third-order valence-electron chi connectivity index (χ3n) is 3.08. The molecule has 20 heavy (non-hydrogen) atoms. The molecule has 0 aliphatic carbocycles. The van der Waals surface area contributed by atoms with Crippen LogP contribution in [0.5, 0.6) is 5.75 Å². The smallest absolute Gasteiger partial charge is 0.308 e. The summed E-state index contributed by atoms with van der Waals surface area (Å²) in [5, 5.41) is 9.65. The summed E-state index contributed by atoms with van der Waals surface area (Å²) in [7, 11) is 1.31. The summed E-state index contributed by atoms with van der Waals surface area (Å²) in [5.41, 5.74) is 0.193. The molecule has 1 saturated heterocycles. The molecule has 0 saturated carbocycles. The van der Waals surface area contributed by atoms with E-state index in [1.807, 2.05) is 0 Å². The predicted molar refractivity (Wildman–Crippen MR) is 68.2 cm³/mol. The molecule has 7 heteroatoms. The molecule has 1 fully saturated rings. The van der Waals surface area contributed by atoms with Crippen molar-refractivity contribution < 1.29 is 24.2 Å². The van der Waals surface area contributed by atoms with E-state index in [2.05, 4.69) is 9.72 Å². The first kappa shape index (κ1) is 14.3. The number of ether oxygens (including phenoxy) is 2. The number of rotatable bonds is 3. The Hall–Kier alpha value is -2.15. The predicted octanol–water partition coefficient (Wildman–Crippen LogP) is 0.191. The number of esters is 1. The van der Waals surface area contributed by atoms with E-state index in [4.69, 9.17) is 4.74 Å². The molecule has 0 spiro atoms. The number of nitrogens with zero attached hydrogens (tertiary/aromatic N) is 2. The van der Waals surface area contributed by atoms with Crippen molar-refractivity contribution in [1.29, 1.82) is 0 Å². The van der Waals surface area contributed by atoms with Crippen LogP contribution in [-0.2, 0) is 14.3 Å². The maximum Gasteiger partial charge on any atom is 0.308 e. The van der Waals surface area contributed by atoms with Gasteiger partial charge in [0.05, 0.1) is 38.0 Å². The number of morpholine rings is 1. The van der Waals surface area contributed by atoms with Gasteiger partial charge in [-0.1, -0.05) is 0 Å². The molecule has 0 aromatic carbocycles. The van der Waals surface area contributed by atoms with Crippen molar-refractivity contribution in [3.63, 3.8) is 0 Å². The van der Waals surface area contributed by atoms with E-state index in [9.17, 15) is 14.7 Å². The summed E-state index contributed by atoms with van der Waals surface area (Å²) in [6, 6.07) is 1.46. The van der Waals surface area contributed by atoms with Gasteiger partial charge in [0, 0.05) is 19.3 Å². The number of carbonyl (C=O) groups excluding carboxylic acids is 2. The Morgan fingerprint density at radius 2 is 2.40 bits per heavy atom. The van der Waals surface area contributed by atoms with Crippen molar-refractivity contribution in [3.8, 4) is 5.75 Å². The zero-order chi connectivity index (χ0) is 14.5. The lowest BCUT2D eigenvalue weighted by Gasteiger charge is -2.32. The number of methoxy groups -OCH3 is 1. The van der Waals surface area contributed by atoms with Crippen molar-refractivity contribution in [2.75, 3.05) is 26.8 Å². The van der Waals surface area contributed by atoms with Gasteiger partial charge >= 0.3 is 5.97 Å². The number of hydrogen-bond acceptors (Lipinski definition) is 6. The molecule has 1 aromatic heterocycles. The lowest BCUT2D eigenvalue weighted by molar-refractivity contribution is -0.145. The molecule has 7 nitrogen and oxygen atoms in total. The Balaban J connectivity index is 2.03. The molecule has 0 radical (unpaired) electrons. The first-order chi connectivity index (χ1) is 9.61. The summed E-state index contributed by atoms with van der Waals surface area (Å²) in [6.07, 6.45) is 2.38. The highest BCUT2D eigenvalue weighted by Gasteiger charge is 2.28. The van der Waals surface area contributed by atoms with Crippen molar-refractivity contribution in [3.05, 3.63) is 24.0 Å². The molecule has 1 aliphatic rings. The molecule has 1 atom stereocenters. The van der Waals surface area contributed by atoms with Crippen LogP contribution in [0.4, 0.5) is 0 Å². The highest BCUT2D eigenvalue weighted by atomic mass is 16.5. The van der Waals surface area contributed by atoms with Crippen LogP contribution in [0, 0.1) is 0 Å². The topological polar surface area (TPSA) is 89.0 Å². The van der Waals surface area contributed by atoms with Gasteiger partial charge in [-0.15, -0.1) is 0 Å². The van der Waals surface area contributed by atoms with E-state index in [-0.39, 0.29) is 42.3 Å². The number of aromatic nitrogens is 1. The van der Waals surface area contributed by atoms with Crippen molar-refractivity contribution >= 4 is 11.9 Å². The fourth-order valence-corrected chi connectivity index (χ4v) is 2.03. The van der Waals surface area contributed by atoms with E-state index >= 15 is 0 Å². The zero-order valence-electron chi connectivity index (χ0n) is 11.1. The normalized spacial score (nSPS) is 18.6. The second-order valence-corrected chi connectivity index (χ2v) is 4.42. The van der Waals surface area contributed by atoms with Crippen molar-refractivity contribution in [2.45, 2.75) is 12.5 Å². The molecular formula is C13H16N2O5. The Morgan fingerprint density at radius 3 is 3.10 bits per heavy atom. The van der Waals surface area contributed by atoms with Crippen LogP contribution in [0.1, 0.15) is 16.8 Å². The minimum absolute atomic E-state index is 0.0998. The number of hydrogen-bond donors (Lipinski definition) is 1. The van der Waals surface area contributed by atoms with Gasteiger partial charge in [0.25, 0.3) is 5.91 Å². The average Bonchev–Trinajstić information content (AvgIpc) is 2.47.